The van der Waals surface area contributed by atoms with Crippen molar-refractivity contribution in [3.05, 3.63) is 65.1 Å². The zero-order valence-electron chi connectivity index (χ0n) is 17.9. The van der Waals surface area contributed by atoms with E-state index >= 15 is 0 Å². The first kappa shape index (κ1) is 26.0. The first-order valence-corrected chi connectivity index (χ1v) is 11.3. The van der Waals surface area contributed by atoms with E-state index in [1.165, 1.54) is 25.4 Å². The minimum Gasteiger partial charge on any atom is -0.419 e. The van der Waals surface area contributed by atoms with Gasteiger partial charge in [0.2, 0.25) is 11.8 Å². The molecule has 0 bridgehead atoms. The molecule has 0 aliphatic rings. The van der Waals surface area contributed by atoms with E-state index < -0.39 is 43.4 Å². The fraction of sp³-hybridized carbons (Fsp3) is 0.150. The molecular weight excluding hydrogens is 518 g/mol. The maximum absolute atomic E-state index is 13.2. The van der Waals surface area contributed by atoms with E-state index in [1.807, 2.05) is 0 Å². The summed E-state index contributed by atoms with van der Waals surface area (Å²) in [6.07, 6.45) is -3.52. The number of carbonyl (C=O) groups is 1. The van der Waals surface area contributed by atoms with Crippen LogP contribution in [0.1, 0.15) is 11.1 Å². The number of nitrogens with one attached hydrogen (secondary N) is 2. The highest BCUT2D eigenvalue weighted by molar-refractivity contribution is 7.92. The lowest BCUT2D eigenvalue weighted by molar-refractivity contribution is -0.137. The molecule has 0 spiro atoms. The molecule has 35 heavy (non-hydrogen) atoms. The number of hydrogen-bond donors (Lipinski definition) is 2. The van der Waals surface area contributed by atoms with Gasteiger partial charge >= 0.3 is 6.18 Å². The lowest BCUT2D eigenvalue weighted by Crippen LogP contribution is -2.16. The van der Waals surface area contributed by atoms with Crippen LogP contribution in [-0.2, 0) is 28.0 Å². The fourth-order valence-electron chi connectivity index (χ4n) is 2.69. The Morgan fingerprint density at radius 1 is 1.23 bits per heavy atom. The molecule has 2 heterocycles. The van der Waals surface area contributed by atoms with E-state index in [-0.39, 0.29) is 23.3 Å². The van der Waals surface area contributed by atoms with Crippen molar-refractivity contribution >= 4 is 39.0 Å². The van der Waals surface area contributed by atoms with Crippen LogP contribution in [0.15, 0.2) is 53.8 Å². The Balaban J connectivity index is 1.93. The van der Waals surface area contributed by atoms with Crippen LogP contribution in [0.2, 0.25) is 5.02 Å². The van der Waals surface area contributed by atoms with Crippen molar-refractivity contribution in [2.75, 3.05) is 10.0 Å². The number of carbonyl (C=O) groups excluding carboxylic acids is 1. The summed E-state index contributed by atoms with van der Waals surface area (Å²) in [5.74, 6) is -2.78. The van der Waals surface area contributed by atoms with Crippen molar-refractivity contribution in [3.8, 4) is 11.8 Å². The first-order chi connectivity index (χ1) is 16.2. The van der Waals surface area contributed by atoms with Gasteiger partial charge in [-0.15, -0.1) is 0 Å². The SMILES string of the molecule is C=C(F)C(=O)Nc1cc(Oc2ncc(C)cc2NS(=O)(=O)c2ccc(Cl)c(C(F)(F)F)c2)n(C)n1. The van der Waals surface area contributed by atoms with Gasteiger partial charge in [-0.1, -0.05) is 18.2 Å². The van der Waals surface area contributed by atoms with Gasteiger partial charge in [0.15, 0.2) is 11.6 Å². The van der Waals surface area contributed by atoms with Gasteiger partial charge in [0.1, 0.15) is 5.69 Å². The normalized spacial score (nSPS) is 11.7. The zero-order chi connectivity index (χ0) is 26.1. The molecule has 0 saturated carbocycles. The summed E-state index contributed by atoms with van der Waals surface area (Å²) in [4.78, 5) is 14.8. The summed E-state index contributed by atoms with van der Waals surface area (Å²) in [7, 11) is -3.12. The van der Waals surface area contributed by atoms with Gasteiger partial charge in [-0.2, -0.15) is 18.3 Å². The molecule has 15 heteroatoms. The van der Waals surface area contributed by atoms with Gasteiger partial charge in [0, 0.05) is 19.3 Å². The number of rotatable bonds is 7. The number of aryl methyl sites for hydroxylation is 2. The average molecular weight is 534 g/mol. The molecule has 0 aliphatic heterocycles. The predicted octanol–water partition coefficient (Wildman–Crippen LogP) is 4.81. The molecule has 9 nitrogen and oxygen atoms in total. The summed E-state index contributed by atoms with van der Waals surface area (Å²) >= 11 is 5.57. The van der Waals surface area contributed by atoms with Crippen molar-refractivity contribution in [1.29, 1.82) is 0 Å². The summed E-state index contributed by atoms with van der Waals surface area (Å²) in [5.41, 5.74) is -1.01. The Bertz CT molecular complexity index is 1420. The first-order valence-electron chi connectivity index (χ1n) is 9.41. The van der Waals surface area contributed by atoms with Crippen LogP contribution in [0, 0.1) is 6.92 Å². The molecule has 186 valence electrons. The summed E-state index contributed by atoms with van der Waals surface area (Å²) in [6, 6.07) is 4.69. The molecule has 0 unspecified atom stereocenters. The number of ether oxygens (including phenoxy) is 1. The van der Waals surface area contributed by atoms with Crippen molar-refractivity contribution in [3.63, 3.8) is 0 Å². The number of halogens is 5. The summed E-state index contributed by atoms with van der Waals surface area (Å²) in [5, 5.41) is 5.38. The van der Waals surface area contributed by atoms with Crippen LogP contribution in [0.4, 0.5) is 29.1 Å². The van der Waals surface area contributed by atoms with Gasteiger partial charge < -0.3 is 10.1 Å². The second-order valence-corrected chi connectivity index (χ2v) is 9.15. The molecule has 1 aromatic carbocycles. The van der Waals surface area contributed by atoms with Gasteiger partial charge in [-0.3, -0.25) is 9.52 Å². The Morgan fingerprint density at radius 2 is 1.91 bits per heavy atom. The average Bonchev–Trinajstić information content (AvgIpc) is 3.07. The minimum atomic E-state index is -4.87. The number of sulfonamides is 1. The monoisotopic (exact) mass is 533 g/mol. The highest BCUT2D eigenvalue weighted by Crippen LogP contribution is 2.37. The Morgan fingerprint density at radius 3 is 2.54 bits per heavy atom. The maximum atomic E-state index is 13.2. The Labute approximate surface area is 201 Å². The van der Waals surface area contributed by atoms with Gasteiger partial charge in [0.05, 0.1) is 15.5 Å². The molecule has 0 radical (unpaired) electrons. The second kappa shape index (κ2) is 9.54. The summed E-state index contributed by atoms with van der Waals surface area (Å²) < 4.78 is 87.0. The Hall–Kier alpha value is -3.65. The van der Waals surface area contributed by atoms with E-state index in [1.54, 1.807) is 6.92 Å². The van der Waals surface area contributed by atoms with Crippen LogP contribution in [0.5, 0.6) is 11.8 Å². The van der Waals surface area contributed by atoms with Gasteiger partial charge in [0.25, 0.3) is 15.9 Å². The smallest absolute Gasteiger partial charge is 0.417 e. The third-order valence-electron chi connectivity index (χ3n) is 4.31. The largest absolute Gasteiger partial charge is 0.419 e. The number of pyridine rings is 1. The van der Waals surface area contributed by atoms with E-state index in [4.69, 9.17) is 16.3 Å². The second-order valence-electron chi connectivity index (χ2n) is 7.06. The third kappa shape index (κ3) is 6.08. The number of nitrogens with zero attached hydrogens (tertiary/aromatic N) is 3. The number of aromatic nitrogens is 3. The molecule has 0 saturated heterocycles. The number of alkyl halides is 3. The topological polar surface area (TPSA) is 115 Å². The lowest BCUT2D eigenvalue weighted by Gasteiger charge is -2.15. The van der Waals surface area contributed by atoms with Crippen molar-refractivity contribution in [2.45, 2.75) is 18.0 Å². The maximum Gasteiger partial charge on any atom is 0.417 e. The highest BCUT2D eigenvalue weighted by Gasteiger charge is 2.34. The molecule has 3 aromatic rings. The molecule has 3 rings (SSSR count). The van der Waals surface area contributed by atoms with E-state index in [2.05, 4.69) is 26.7 Å². The summed E-state index contributed by atoms with van der Waals surface area (Å²) in [6.45, 7) is 4.46. The van der Waals surface area contributed by atoms with E-state index in [0.29, 0.717) is 11.6 Å². The van der Waals surface area contributed by atoms with Crippen LogP contribution in [0.3, 0.4) is 0 Å². The number of amides is 1. The third-order valence-corrected chi connectivity index (χ3v) is 6.00. The van der Waals surface area contributed by atoms with E-state index in [9.17, 15) is 30.8 Å². The van der Waals surface area contributed by atoms with Crippen molar-refractivity contribution in [1.82, 2.24) is 14.8 Å². The van der Waals surface area contributed by atoms with Crippen LogP contribution >= 0.6 is 11.6 Å². The standard InChI is InChI=1S/C20H16ClF4N5O4S/c1-10-6-15(29-35(32,33)12-4-5-14(21)13(7-12)20(23,24)25)19(26-9-10)34-17-8-16(28-30(17)3)27-18(31)11(2)22/h4-9,29H,2H2,1,3H3,(H,27,28,31). The molecule has 1 amide bonds. The molecule has 2 N–H and O–H groups in total. The predicted molar refractivity (Wildman–Crippen MR) is 118 cm³/mol. The van der Waals surface area contributed by atoms with Crippen molar-refractivity contribution in [2.24, 2.45) is 7.05 Å². The number of benzene rings is 1. The van der Waals surface area contributed by atoms with Crippen LogP contribution in [-0.4, -0.2) is 29.1 Å². The minimum absolute atomic E-state index is 0.0348. The van der Waals surface area contributed by atoms with Crippen LogP contribution in [0.25, 0.3) is 0 Å². The quantitative estimate of drug-likeness (QED) is 0.333. The fourth-order valence-corrected chi connectivity index (χ4v) is 3.99. The zero-order valence-corrected chi connectivity index (χ0v) is 19.5. The molecule has 2 aromatic heterocycles. The molecular formula is C20H16ClF4N5O4S. The van der Waals surface area contributed by atoms with Gasteiger partial charge in [-0.05, 0) is 36.8 Å². The highest BCUT2D eigenvalue weighted by atomic mass is 35.5. The van der Waals surface area contributed by atoms with Crippen LogP contribution < -0.4 is 14.8 Å². The molecule has 0 atom stereocenters. The number of anilines is 2. The Kier molecular flexibility index (Phi) is 7.08. The lowest BCUT2D eigenvalue weighted by atomic mass is 10.2. The molecule has 0 fully saturated rings. The van der Waals surface area contributed by atoms with E-state index in [0.717, 1.165) is 16.8 Å². The van der Waals surface area contributed by atoms with Gasteiger partial charge in [-0.25, -0.2) is 22.5 Å². The number of hydrogen-bond acceptors (Lipinski definition) is 6. The molecule has 0 aliphatic carbocycles. The van der Waals surface area contributed by atoms with Crippen molar-refractivity contribution < 1.29 is 35.5 Å².